The van der Waals surface area contributed by atoms with Crippen LogP contribution < -0.4 is 0 Å². The zero-order valence-corrected chi connectivity index (χ0v) is 15.2. The SMILES string of the molecule is COC(=O)c1cccc([C@]23C=C(C#N)C(=O)[C@@H](C)[C@@H]2CCc2cn[nH]c23)c1. The second-order valence-corrected chi connectivity index (χ2v) is 7.18. The largest absolute Gasteiger partial charge is 0.465 e. The Labute approximate surface area is 156 Å². The van der Waals surface area contributed by atoms with Crippen LogP contribution in [-0.4, -0.2) is 29.1 Å². The highest BCUT2D eigenvalue weighted by molar-refractivity contribution is 6.02. The van der Waals surface area contributed by atoms with E-state index in [4.69, 9.17) is 4.74 Å². The third-order valence-corrected chi connectivity index (χ3v) is 5.98. The Morgan fingerprint density at radius 2 is 2.26 bits per heavy atom. The van der Waals surface area contributed by atoms with Crippen LogP contribution in [0.3, 0.4) is 0 Å². The lowest BCUT2D eigenvalue weighted by Gasteiger charge is -2.47. The van der Waals surface area contributed by atoms with Crippen LogP contribution in [0.1, 0.15) is 40.5 Å². The van der Waals surface area contributed by atoms with Crippen molar-refractivity contribution in [1.82, 2.24) is 10.2 Å². The van der Waals surface area contributed by atoms with Gasteiger partial charge in [0.05, 0.1) is 35.6 Å². The fraction of sp³-hybridized carbons (Fsp3) is 0.333. The lowest BCUT2D eigenvalue weighted by Crippen LogP contribution is -2.48. The zero-order valence-electron chi connectivity index (χ0n) is 15.2. The van der Waals surface area contributed by atoms with Crippen molar-refractivity contribution in [1.29, 1.82) is 5.26 Å². The molecule has 1 aromatic carbocycles. The Morgan fingerprint density at radius 1 is 1.44 bits per heavy atom. The number of hydrogen-bond donors (Lipinski definition) is 1. The fourth-order valence-corrected chi connectivity index (χ4v) is 4.68. The Morgan fingerprint density at radius 3 is 3.00 bits per heavy atom. The summed E-state index contributed by atoms with van der Waals surface area (Å²) in [5.74, 6) is -0.870. The molecule has 0 unspecified atom stereocenters. The van der Waals surface area contributed by atoms with Gasteiger partial charge in [-0.1, -0.05) is 19.1 Å². The first-order valence-electron chi connectivity index (χ1n) is 8.91. The number of ketones is 1. The second kappa shape index (κ2) is 6.20. The third-order valence-electron chi connectivity index (χ3n) is 5.98. The number of Topliss-reactive ketones (excluding diaryl/α,β-unsaturated/α-hetero) is 1. The molecule has 0 aliphatic heterocycles. The van der Waals surface area contributed by atoms with Crippen LogP contribution in [0.25, 0.3) is 0 Å². The van der Waals surface area contributed by atoms with Crippen LogP contribution in [0.2, 0.25) is 0 Å². The maximum atomic E-state index is 12.7. The molecule has 0 amide bonds. The van der Waals surface area contributed by atoms with Crippen molar-refractivity contribution in [2.24, 2.45) is 11.8 Å². The van der Waals surface area contributed by atoms with Gasteiger partial charge in [0, 0.05) is 5.92 Å². The van der Waals surface area contributed by atoms with Gasteiger partial charge in [-0.25, -0.2) is 4.79 Å². The molecular formula is C21H19N3O3. The van der Waals surface area contributed by atoms with Crippen LogP contribution in [0.15, 0.2) is 42.1 Å². The molecule has 27 heavy (non-hydrogen) atoms. The lowest BCUT2D eigenvalue weighted by atomic mass is 9.54. The fourth-order valence-electron chi connectivity index (χ4n) is 4.68. The summed E-state index contributed by atoms with van der Waals surface area (Å²) in [5.41, 5.74) is 2.72. The Kier molecular flexibility index (Phi) is 3.96. The smallest absolute Gasteiger partial charge is 0.337 e. The van der Waals surface area contributed by atoms with E-state index in [0.29, 0.717) is 5.56 Å². The van der Waals surface area contributed by atoms with E-state index in [1.54, 1.807) is 30.5 Å². The normalized spacial score (nSPS) is 26.4. The number of allylic oxidation sites excluding steroid dienone is 2. The van der Waals surface area contributed by atoms with Gasteiger partial charge < -0.3 is 4.74 Å². The quantitative estimate of drug-likeness (QED) is 0.830. The summed E-state index contributed by atoms with van der Waals surface area (Å²) in [7, 11) is 1.35. The topological polar surface area (TPSA) is 95.8 Å². The number of benzene rings is 1. The van der Waals surface area contributed by atoms with E-state index in [2.05, 4.69) is 16.3 Å². The number of carbonyl (C=O) groups is 2. The molecule has 0 radical (unpaired) electrons. The van der Waals surface area contributed by atoms with Crippen molar-refractivity contribution in [3.05, 3.63) is 64.5 Å². The Bertz CT molecular complexity index is 1010. The van der Waals surface area contributed by atoms with Gasteiger partial charge in [0.15, 0.2) is 5.78 Å². The molecule has 2 aromatic rings. The number of H-pyrrole nitrogens is 1. The number of fused-ring (bicyclic) bond motifs is 3. The minimum atomic E-state index is -0.702. The summed E-state index contributed by atoms with van der Waals surface area (Å²) in [6.45, 7) is 1.89. The molecular weight excluding hydrogens is 342 g/mol. The first-order valence-corrected chi connectivity index (χ1v) is 8.91. The number of aromatic nitrogens is 2. The highest BCUT2D eigenvalue weighted by atomic mass is 16.5. The summed E-state index contributed by atoms with van der Waals surface area (Å²) in [6, 6.07) is 9.30. The van der Waals surface area contributed by atoms with E-state index in [1.807, 2.05) is 13.0 Å². The van der Waals surface area contributed by atoms with Gasteiger partial charge in [0.25, 0.3) is 0 Å². The molecule has 3 atom stereocenters. The maximum Gasteiger partial charge on any atom is 0.337 e. The van der Waals surface area contributed by atoms with Gasteiger partial charge >= 0.3 is 5.97 Å². The molecule has 0 saturated heterocycles. The first-order chi connectivity index (χ1) is 13.0. The third kappa shape index (κ3) is 2.35. The number of nitriles is 1. The van der Waals surface area contributed by atoms with Crippen LogP contribution in [-0.2, 0) is 21.4 Å². The summed E-state index contributed by atoms with van der Waals surface area (Å²) >= 11 is 0. The van der Waals surface area contributed by atoms with Gasteiger partial charge in [-0.2, -0.15) is 10.4 Å². The van der Waals surface area contributed by atoms with Gasteiger partial charge in [-0.3, -0.25) is 9.89 Å². The molecule has 2 aliphatic carbocycles. The summed E-state index contributed by atoms with van der Waals surface area (Å²) in [6.07, 6.45) is 5.20. The number of nitrogens with zero attached hydrogens (tertiary/aromatic N) is 2. The number of methoxy groups -OCH3 is 1. The first kappa shape index (κ1) is 17.2. The van der Waals surface area contributed by atoms with E-state index < -0.39 is 11.4 Å². The van der Waals surface area contributed by atoms with E-state index in [9.17, 15) is 14.9 Å². The van der Waals surface area contributed by atoms with Gasteiger partial charge in [0.1, 0.15) is 6.07 Å². The maximum absolute atomic E-state index is 12.7. The molecule has 0 bridgehead atoms. The summed E-state index contributed by atoms with van der Waals surface area (Å²) < 4.78 is 4.87. The molecule has 2 aliphatic rings. The zero-order chi connectivity index (χ0) is 19.2. The number of ether oxygens (including phenoxy) is 1. The second-order valence-electron chi connectivity index (χ2n) is 7.18. The number of carbonyl (C=O) groups excluding carboxylic acids is 2. The summed E-state index contributed by atoms with van der Waals surface area (Å²) in [5, 5.41) is 16.9. The molecule has 6 heteroatoms. The van der Waals surface area contributed by atoms with Crippen molar-refractivity contribution >= 4 is 11.8 Å². The minimum absolute atomic E-state index is 0.0250. The number of aryl methyl sites for hydroxylation is 1. The molecule has 0 fully saturated rings. The number of nitrogens with one attached hydrogen (secondary N) is 1. The Balaban J connectivity index is 2.03. The van der Waals surface area contributed by atoms with E-state index in [1.165, 1.54) is 7.11 Å². The number of aromatic amines is 1. The number of esters is 1. The van der Waals surface area contributed by atoms with E-state index >= 15 is 0 Å². The average Bonchev–Trinajstić information content (AvgIpc) is 3.19. The van der Waals surface area contributed by atoms with Crippen LogP contribution >= 0.6 is 0 Å². The van der Waals surface area contributed by atoms with Crippen LogP contribution in [0.5, 0.6) is 0 Å². The average molecular weight is 361 g/mol. The highest BCUT2D eigenvalue weighted by Gasteiger charge is 2.52. The van der Waals surface area contributed by atoms with Crippen molar-refractivity contribution in [2.75, 3.05) is 7.11 Å². The molecule has 4 rings (SSSR count). The molecule has 1 heterocycles. The molecule has 1 N–H and O–H groups in total. The van der Waals surface area contributed by atoms with Crippen LogP contribution in [0.4, 0.5) is 0 Å². The predicted molar refractivity (Wildman–Crippen MR) is 96.8 cm³/mol. The number of hydrogen-bond acceptors (Lipinski definition) is 5. The van der Waals surface area contributed by atoms with Gasteiger partial charge in [0.2, 0.25) is 0 Å². The molecule has 136 valence electrons. The summed E-state index contributed by atoms with van der Waals surface area (Å²) in [4.78, 5) is 24.7. The van der Waals surface area contributed by atoms with E-state index in [0.717, 1.165) is 29.7 Å². The minimum Gasteiger partial charge on any atom is -0.465 e. The van der Waals surface area contributed by atoms with E-state index in [-0.39, 0.29) is 23.2 Å². The predicted octanol–water partition coefficient (Wildman–Crippen LogP) is 2.71. The highest BCUT2D eigenvalue weighted by Crippen LogP contribution is 2.53. The van der Waals surface area contributed by atoms with Crippen LogP contribution in [0, 0.1) is 23.2 Å². The number of rotatable bonds is 2. The van der Waals surface area contributed by atoms with Crippen molar-refractivity contribution in [3.63, 3.8) is 0 Å². The monoisotopic (exact) mass is 361 g/mol. The molecule has 0 spiro atoms. The molecule has 6 nitrogen and oxygen atoms in total. The van der Waals surface area contributed by atoms with Gasteiger partial charge in [-0.15, -0.1) is 0 Å². The van der Waals surface area contributed by atoms with Crippen molar-refractivity contribution in [3.8, 4) is 6.07 Å². The molecule has 1 aromatic heterocycles. The van der Waals surface area contributed by atoms with Gasteiger partial charge in [-0.05, 0) is 48.1 Å². The standard InChI is InChI=1S/C21H19N3O3/c1-12-17-7-6-14-11-23-24-19(14)21(17,9-15(10-22)18(12)25)16-5-3-4-13(8-16)20(26)27-2/h3-5,8-9,11-12,17H,6-7H2,1-2H3,(H,23,24)/t12-,17-,21+/m0/s1. The molecule has 0 saturated carbocycles. The van der Waals surface area contributed by atoms with Crippen molar-refractivity contribution in [2.45, 2.75) is 25.2 Å². The lowest BCUT2D eigenvalue weighted by molar-refractivity contribution is -0.121. The van der Waals surface area contributed by atoms with Crippen molar-refractivity contribution < 1.29 is 14.3 Å². The Hall–Kier alpha value is -3.20.